The Hall–Kier alpha value is -3.16. The summed E-state index contributed by atoms with van der Waals surface area (Å²) in [6, 6.07) is 8.91. The summed E-state index contributed by atoms with van der Waals surface area (Å²) in [5.41, 5.74) is -1.03. The van der Waals surface area contributed by atoms with Crippen molar-refractivity contribution in [2.24, 2.45) is 0 Å². The highest BCUT2D eigenvalue weighted by Crippen LogP contribution is 2.34. The second kappa shape index (κ2) is 11.9. The Kier molecular flexibility index (Phi) is 9.16. The first-order chi connectivity index (χ1) is 17.5. The predicted octanol–water partition coefficient (Wildman–Crippen LogP) is 2.76. The van der Waals surface area contributed by atoms with E-state index in [0.717, 1.165) is 12.1 Å². The molecule has 0 spiro atoms. The van der Waals surface area contributed by atoms with E-state index < -0.39 is 45.8 Å². The molecule has 2 aromatic rings. The molecule has 0 aliphatic carbocycles. The van der Waals surface area contributed by atoms with Gasteiger partial charge in [0.1, 0.15) is 10.6 Å². The van der Waals surface area contributed by atoms with E-state index in [1.54, 1.807) is 13.0 Å². The minimum Gasteiger partial charge on any atom is -0.495 e. The normalized spacial score (nSPS) is 14.7. The summed E-state index contributed by atoms with van der Waals surface area (Å²) in [5.74, 6) is -1.17. The maximum atomic E-state index is 13.2. The molecule has 0 radical (unpaired) electrons. The largest absolute Gasteiger partial charge is 0.495 e. The molecule has 0 bridgehead atoms. The average molecular weight is 544 g/mol. The van der Waals surface area contributed by atoms with Crippen LogP contribution >= 0.6 is 0 Å². The number of carbonyl (C=O) groups excluding carboxylic acids is 2. The summed E-state index contributed by atoms with van der Waals surface area (Å²) >= 11 is 0. The monoisotopic (exact) mass is 543 g/mol. The van der Waals surface area contributed by atoms with Gasteiger partial charge >= 0.3 is 6.18 Å². The second-order valence-electron chi connectivity index (χ2n) is 8.18. The van der Waals surface area contributed by atoms with E-state index in [0.29, 0.717) is 5.56 Å². The molecule has 1 aliphatic rings. The minimum absolute atomic E-state index is 0.0910. The molecule has 0 aromatic heterocycles. The third-order valence-corrected chi connectivity index (χ3v) is 7.67. The van der Waals surface area contributed by atoms with E-state index in [9.17, 15) is 31.2 Å². The van der Waals surface area contributed by atoms with Gasteiger partial charge in [-0.1, -0.05) is 18.2 Å². The van der Waals surface area contributed by atoms with Crippen LogP contribution in [0.1, 0.15) is 18.1 Å². The van der Waals surface area contributed by atoms with E-state index in [1.165, 1.54) is 40.6 Å². The van der Waals surface area contributed by atoms with Crippen molar-refractivity contribution in [2.45, 2.75) is 24.4 Å². The van der Waals surface area contributed by atoms with Gasteiger partial charge in [0.2, 0.25) is 21.8 Å². The molecule has 1 fully saturated rings. The van der Waals surface area contributed by atoms with Gasteiger partial charge in [0, 0.05) is 19.6 Å². The summed E-state index contributed by atoms with van der Waals surface area (Å²) in [7, 11) is -2.57. The Morgan fingerprint density at radius 2 is 1.81 bits per heavy atom. The molecule has 0 unspecified atom stereocenters. The van der Waals surface area contributed by atoms with Gasteiger partial charge in [-0.05, 0) is 36.8 Å². The number of ether oxygens (including phenoxy) is 2. The third kappa shape index (κ3) is 6.99. The Balaban J connectivity index is 1.74. The highest BCUT2D eigenvalue weighted by atomic mass is 32.2. The number of halogens is 3. The van der Waals surface area contributed by atoms with Crippen LogP contribution in [0.2, 0.25) is 0 Å². The molecule has 1 saturated heterocycles. The van der Waals surface area contributed by atoms with Gasteiger partial charge in [0.25, 0.3) is 0 Å². The van der Waals surface area contributed by atoms with Crippen molar-refractivity contribution in [3.63, 3.8) is 0 Å². The van der Waals surface area contributed by atoms with Crippen LogP contribution in [0, 0.1) is 0 Å². The molecule has 2 aromatic carbocycles. The van der Waals surface area contributed by atoms with Crippen molar-refractivity contribution in [2.75, 3.05) is 51.8 Å². The maximum absolute atomic E-state index is 13.2. The van der Waals surface area contributed by atoms with E-state index in [2.05, 4.69) is 5.32 Å². The van der Waals surface area contributed by atoms with Gasteiger partial charge in [0.05, 0.1) is 44.5 Å². The van der Waals surface area contributed by atoms with Crippen LogP contribution in [0.5, 0.6) is 5.75 Å². The lowest BCUT2D eigenvalue weighted by molar-refractivity contribution is -0.137. The summed E-state index contributed by atoms with van der Waals surface area (Å²) in [5, 5.41) is 2.22. The number of sulfonamides is 1. The predicted molar refractivity (Wildman–Crippen MR) is 129 cm³/mol. The van der Waals surface area contributed by atoms with E-state index in [4.69, 9.17) is 9.47 Å². The number of nitrogens with zero attached hydrogens (tertiary/aromatic N) is 2. The van der Waals surface area contributed by atoms with Gasteiger partial charge in [-0.15, -0.1) is 0 Å². The molecule has 9 nitrogen and oxygen atoms in total. The number of morpholine rings is 1. The lowest BCUT2D eigenvalue weighted by Gasteiger charge is -2.27. The number of alkyl halides is 3. The van der Waals surface area contributed by atoms with Crippen molar-refractivity contribution in [3.05, 3.63) is 53.6 Å². The zero-order valence-corrected chi connectivity index (χ0v) is 21.2. The average Bonchev–Trinajstić information content (AvgIpc) is 2.87. The van der Waals surface area contributed by atoms with E-state index in [1.807, 2.05) is 0 Å². The first-order valence-corrected chi connectivity index (χ1v) is 12.9. The molecule has 1 N–H and O–H groups in total. The Morgan fingerprint density at radius 3 is 2.43 bits per heavy atom. The van der Waals surface area contributed by atoms with Crippen LogP contribution in [-0.2, 0) is 36.9 Å². The molecule has 3 rings (SSSR count). The topological polar surface area (TPSA) is 105 Å². The fraction of sp³-hybridized carbons (Fsp3) is 0.417. The Morgan fingerprint density at radius 1 is 1.14 bits per heavy atom. The number of rotatable bonds is 9. The molecular weight excluding hydrogens is 515 g/mol. The van der Waals surface area contributed by atoms with E-state index in [-0.39, 0.29) is 49.9 Å². The molecule has 1 aliphatic heterocycles. The van der Waals surface area contributed by atoms with Crippen LogP contribution in [0.15, 0.2) is 47.4 Å². The van der Waals surface area contributed by atoms with Crippen LogP contribution in [0.4, 0.5) is 18.9 Å². The van der Waals surface area contributed by atoms with Crippen LogP contribution in [-0.4, -0.2) is 75.9 Å². The van der Waals surface area contributed by atoms with Gasteiger partial charge in [-0.25, -0.2) is 8.42 Å². The zero-order chi connectivity index (χ0) is 27.2. The standard InChI is InChI=1S/C24H28F3N3O6S/c1-3-29(16-22(31)28-19-7-5-4-6-18(19)24(25,26)27)23(32)15-17-8-9-20(35-2)21(14-17)37(33,34)30-10-12-36-13-11-30/h4-9,14H,3,10-13,15-16H2,1-2H3,(H,28,31). The van der Waals surface area contributed by atoms with Gasteiger partial charge in [0.15, 0.2) is 0 Å². The number of carbonyl (C=O) groups is 2. The quantitative estimate of drug-likeness (QED) is 0.522. The number of para-hydroxylation sites is 1. The molecule has 0 atom stereocenters. The smallest absolute Gasteiger partial charge is 0.418 e. The van der Waals surface area contributed by atoms with Crippen LogP contribution in [0.25, 0.3) is 0 Å². The Bertz CT molecular complexity index is 1230. The molecule has 2 amide bonds. The number of methoxy groups -OCH3 is 1. The number of likely N-dealkylation sites (N-methyl/N-ethyl adjacent to an activating group) is 1. The summed E-state index contributed by atoms with van der Waals surface area (Å²) < 4.78 is 77.7. The number of hydrogen-bond donors (Lipinski definition) is 1. The van der Waals surface area contributed by atoms with Crippen molar-refractivity contribution < 1.29 is 40.7 Å². The van der Waals surface area contributed by atoms with Crippen molar-refractivity contribution in [1.29, 1.82) is 0 Å². The van der Waals surface area contributed by atoms with Gasteiger partial charge < -0.3 is 19.7 Å². The molecular formula is C24H28F3N3O6S. The molecule has 1 heterocycles. The number of amides is 2. The molecule has 37 heavy (non-hydrogen) atoms. The lowest BCUT2D eigenvalue weighted by Crippen LogP contribution is -2.40. The van der Waals surface area contributed by atoms with Crippen molar-refractivity contribution in [3.8, 4) is 5.75 Å². The fourth-order valence-corrected chi connectivity index (χ4v) is 5.44. The SMILES string of the molecule is CCN(CC(=O)Nc1ccccc1C(F)(F)F)C(=O)Cc1ccc(OC)c(S(=O)(=O)N2CCOCC2)c1. The summed E-state index contributed by atoms with van der Waals surface area (Å²) in [6.45, 7) is 2.16. The second-order valence-corrected chi connectivity index (χ2v) is 10.1. The fourth-order valence-electron chi connectivity index (χ4n) is 3.82. The molecule has 13 heteroatoms. The van der Waals surface area contributed by atoms with Crippen molar-refractivity contribution in [1.82, 2.24) is 9.21 Å². The summed E-state index contributed by atoms with van der Waals surface area (Å²) in [4.78, 5) is 26.5. The highest BCUT2D eigenvalue weighted by Gasteiger charge is 2.34. The number of anilines is 1. The molecule has 0 saturated carbocycles. The number of benzene rings is 2. The van der Waals surface area contributed by atoms with Crippen LogP contribution in [0.3, 0.4) is 0 Å². The van der Waals surface area contributed by atoms with E-state index >= 15 is 0 Å². The van der Waals surface area contributed by atoms with Gasteiger partial charge in [-0.2, -0.15) is 17.5 Å². The third-order valence-electron chi connectivity index (χ3n) is 5.75. The van der Waals surface area contributed by atoms with Gasteiger partial charge in [-0.3, -0.25) is 9.59 Å². The minimum atomic E-state index is -4.65. The Labute approximate surface area is 213 Å². The maximum Gasteiger partial charge on any atom is 0.418 e. The lowest BCUT2D eigenvalue weighted by atomic mass is 10.1. The van der Waals surface area contributed by atoms with Crippen LogP contribution < -0.4 is 10.1 Å². The summed E-state index contributed by atoms with van der Waals surface area (Å²) in [6.07, 6.45) is -4.88. The number of nitrogens with one attached hydrogen (secondary N) is 1. The first-order valence-electron chi connectivity index (χ1n) is 11.5. The zero-order valence-electron chi connectivity index (χ0n) is 20.4. The highest BCUT2D eigenvalue weighted by molar-refractivity contribution is 7.89. The number of hydrogen-bond acceptors (Lipinski definition) is 6. The van der Waals surface area contributed by atoms with Crippen molar-refractivity contribution >= 4 is 27.5 Å². The molecule has 202 valence electrons. The first kappa shape index (κ1) is 28.4.